The zero-order valence-corrected chi connectivity index (χ0v) is 41.2. The molecule has 394 valence electrons. The first-order valence-electron chi connectivity index (χ1n) is 24.9. The molecule has 0 aromatic heterocycles. The van der Waals surface area contributed by atoms with Crippen molar-refractivity contribution in [1.29, 1.82) is 0 Å². The molecule has 0 radical (unpaired) electrons. The SMILES string of the molecule is C[C@H](CC[C@H](O)C(C)(C)O[C@@H]1O[C@H](CO)[C@@H](O)[C@H](O)[C@H]1O)[C@H]1CC[C@@]2(C)[C@@H]3CC=C4C(C)(C)[C@@H](O[C@@H]5O[C@H](CO)[C@@H](O)[C@H](O)[C@H]5O[C@@H]5O[C@H](CO)[C@@H](O)[C@H](O)[C@H]5O)CC[C@]4(C)[C@]3(C)[C@H](O)C[C@]12C. The molecular formula is C49H84O19. The van der Waals surface area contributed by atoms with E-state index in [1.807, 2.05) is 0 Å². The maximum absolute atomic E-state index is 12.8. The lowest BCUT2D eigenvalue weighted by atomic mass is 9.34. The second-order valence-corrected chi connectivity index (χ2v) is 23.6. The van der Waals surface area contributed by atoms with E-state index in [4.69, 9.17) is 28.4 Å². The average molecular weight is 977 g/mol. The van der Waals surface area contributed by atoms with Crippen molar-refractivity contribution in [2.24, 2.45) is 44.8 Å². The summed E-state index contributed by atoms with van der Waals surface area (Å²) < 4.78 is 36.0. The van der Waals surface area contributed by atoms with Crippen LogP contribution in [0.25, 0.3) is 0 Å². The van der Waals surface area contributed by atoms with E-state index in [1.165, 1.54) is 0 Å². The van der Waals surface area contributed by atoms with Gasteiger partial charge in [0.2, 0.25) is 0 Å². The monoisotopic (exact) mass is 977 g/mol. The van der Waals surface area contributed by atoms with E-state index < -0.39 is 152 Å². The minimum Gasteiger partial charge on any atom is -0.394 e. The average Bonchev–Trinajstić information content (AvgIpc) is 3.56. The quantitative estimate of drug-likeness (QED) is 0.0961. The number of ether oxygens (including phenoxy) is 6. The van der Waals surface area contributed by atoms with Crippen LogP contribution in [0.5, 0.6) is 0 Å². The lowest BCUT2D eigenvalue weighted by Crippen LogP contribution is -2.68. The second-order valence-electron chi connectivity index (χ2n) is 23.6. The van der Waals surface area contributed by atoms with E-state index in [0.29, 0.717) is 38.5 Å². The van der Waals surface area contributed by atoms with Gasteiger partial charge in [-0.15, -0.1) is 0 Å². The van der Waals surface area contributed by atoms with Crippen LogP contribution >= 0.6 is 0 Å². The van der Waals surface area contributed by atoms with E-state index in [0.717, 1.165) is 18.4 Å². The van der Waals surface area contributed by atoms with E-state index in [1.54, 1.807) is 13.8 Å². The highest BCUT2D eigenvalue weighted by atomic mass is 16.8. The molecule has 7 rings (SSSR count). The molecule has 0 bridgehead atoms. The highest BCUT2D eigenvalue weighted by Crippen LogP contribution is 2.77. The van der Waals surface area contributed by atoms with E-state index >= 15 is 0 Å². The van der Waals surface area contributed by atoms with Gasteiger partial charge in [0.15, 0.2) is 18.9 Å². The highest BCUT2D eigenvalue weighted by Gasteiger charge is 2.73. The molecule has 19 heteroatoms. The molecular weight excluding hydrogens is 893 g/mol. The van der Waals surface area contributed by atoms with Crippen LogP contribution in [0.15, 0.2) is 11.6 Å². The summed E-state index contributed by atoms with van der Waals surface area (Å²) in [6.45, 7) is 17.0. The molecule has 3 saturated heterocycles. The third-order valence-corrected chi connectivity index (χ3v) is 19.6. The van der Waals surface area contributed by atoms with Gasteiger partial charge in [0, 0.05) is 10.8 Å². The molecule has 0 spiro atoms. The van der Waals surface area contributed by atoms with Crippen LogP contribution in [0, 0.1) is 44.8 Å². The Morgan fingerprint density at radius 2 is 1.18 bits per heavy atom. The largest absolute Gasteiger partial charge is 0.394 e. The summed E-state index contributed by atoms with van der Waals surface area (Å²) in [7, 11) is 0. The lowest BCUT2D eigenvalue weighted by molar-refractivity contribution is -0.375. The third-order valence-electron chi connectivity index (χ3n) is 19.6. The Morgan fingerprint density at radius 1 is 0.647 bits per heavy atom. The van der Waals surface area contributed by atoms with Crippen molar-refractivity contribution >= 4 is 0 Å². The van der Waals surface area contributed by atoms with Crippen LogP contribution in [0.3, 0.4) is 0 Å². The van der Waals surface area contributed by atoms with E-state index in [2.05, 4.69) is 54.5 Å². The third kappa shape index (κ3) is 8.69. The smallest absolute Gasteiger partial charge is 0.187 e. The van der Waals surface area contributed by atoms with Gasteiger partial charge in [0.1, 0.15) is 73.2 Å². The number of fused-ring (bicyclic) bond motifs is 5. The summed E-state index contributed by atoms with van der Waals surface area (Å²) in [6.07, 6.45) is -17.4. The van der Waals surface area contributed by atoms with Crippen molar-refractivity contribution < 1.29 is 94.8 Å². The molecule has 0 aromatic carbocycles. The number of aliphatic hydroxyl groups excluding tert-OH is 13. The van der Waals surface area contributed by atoms with Crippen LogP contribution in [-0.4, -0.2) is 202 Å². The first-order chi connectivity index (χ1) is 31.6. The van der Waals surface area contributed by atoms with Crippen molar-refractivity contribution in [3.63, 3.8) is 0 Å². The molecule has 13 N–H and O–H groups in total. The Hall–Kier alpha value is -1.02. The van der Waals surface area contributed by atoms with Gasteiger partial charge in [0.05, 0.1) is 43.7 Å². The summed E-state index contributed by atoms with van der Waals surface area (Å²) in [4.78, 5) is 0. The fraction of sp³-hybridized carbons (Fsp3) is 0.959. The van der Waals surface area contributed by atoms with Gasteiger partial charge in [-0.25, -0.2) is 0 Å². The summed E-state index contributed by atoms with van der Waals surface area (Å²) >= 11 is 0. The molecule has 0 unspecified atom stereocenters. The number of allylic oxidation sites excluding steroid dienone is 1. The van der Waals surface area contributed by atoms with Crippen LogP contribution in [-0.2, 0) is 28.4 Å². The van der Waals surface area contributed by atoms with E-state index in [9.17, 15) is 66.4 Å². The Bertz CT molecular complexity index is 1760. The van der Waals surface area contributed by atoms with Gasteiger partial charge in [-0.05, 0) is 99.2 Å². The molecule has 7 aliphatic rings. The summed E-state index contributed by atoms with van der Waals surface area (Å²) in [5.74, 6) is 0.505. The fourth-order valence-electron chi connectivity index (χ4n) is 14.8. The normalized spacial score (nSPS) is 51.5. The van der Waals surface area contributed by atoms with Crippen molar-refractivity contribution in [3.8, 4) is 0 Å². The van der Waals surface area contributed by atoms with Gasteiger partial charge in [-0.3, -0.25) is 0 Å². The topological polar surface area (TPSA) is 318 Å². The maximum Gasteiger partial charge on any atom is 0.187 e. The Labute approximate surface area is 400 Å². The molecule has 3 aliphatic heterocycles. The summed E-state index contributed by atoms with van der Waals surface area (Å²) in [6, 6.07) is 0. The molecule has 0 aromatic rings. The predicted molar refractivity (Wildman–Crippen MR) is 240 cm³/mol. The van der Waals surface area contributed by atoms with Crippen molar-refractivity contribution in [2.75, 3.05) is 19.8 Å². The van der Waals surface area contributed by atoms with Gasteiger partial charge >= 0.3 is 0 Å². The van der Waals surface area contributed by atoms with Crippen molar-refractivity contribution in [2.45, 2.75) is 230 Å². The molecule has 4 aliphatic carbocycles. The minimum atomic E-state index is -1.80. The Kier molecular flexibility index (Phi) is 15.8. The summed E-state index contributed by atoms with van der Waals surface area (Å²) in [5.41, 5.74) is -2.21. The number of aliphatic hydroxyl groups is 13. The highest BCUT2D eigenvalue weighted by molar-refractivity contribution is 5.36. The van der Waals surface area contributed by atoms with Gasteiger partial charge in [-0.2, -0.15) is 0 Å². The van der Waals surface area contributed by atoms with E-state index in [-0.39, 0.29) is 28.6 Å². The first-order valence-corrected chi connectivity index (χ1v) is 24.9. The predicted octanol–water partition coefficient (Wildman–Crippen LogP) is -0.666. The molecule has 3 heterocycles. The first kappa shape index (κ1) is 54.7. The number of hydrogen-bond acceptors (Lipinski definition) is 19. The maximum atomic E-state index is 12.8. The minimum absolute atomic E-state index is 0.111. The molecule has 6 fully saturated rings. The Morgan fingerprint density at radius 3 is 1.75 bits per heavy atom. The lowest BCUT2D eigenvalue weighted by Gasteiger charge is -2.71. The molecule has 68 heavy (non-hydrogen) atoms. The molecule has 25 atom stereocenters. The zero-order valence-electron chi connectivity index (χ0n) is 41.2. The molecule has 0 amide bonds. The molecule has 3 saturated carbocycles. The van der Waals surface area contributed by atoms with Crippen molar-refractivity contribution in [3.05, 3.63) is 11.6 Å². The van der Waals surface area contributed by atoms with Crippen LogP contribution in [0.1, 0.15) is 114 Å². The second kappa shape index (κ2) is 19.7. The van der Waals surface area contributed by atoms with Gasteiger partial charge in [0.25, 0.3) is 0 Å². The number of hydrogen-bond donors (Lipinski definition) is 13. The standard InChI is InChI=1S/C49H84O19/c1-22(10-13-29(53)45(4,5)68-42-39(62)36(59)33(56)25(20-51)64-42)23-14-16-46(6)28-12-11-27-44(2,3)31(15-17-47(27,7)49(28,9)30(54)18-48(23,46)8)66-43-40(37(60)34(57)26(21-52)65-43)67-41-38(61)35(58)32(55)24(19-50)63-41/h11,22-26,28-43,50-62H,10,12-21H2,1-9H3/t22-,23-,24-,25-,26-,28+,29+,30-,31+,32-,33-,34-,35+,36+,37+,38-,39-,40-,41+,42+,43+,46+,47+,48-,49+/m1/s1. The Balaban J connectivity index is 1.07. The van der Waals surface area contributed by atoms with Crippen molar-refractivity contribution in [1.82, 2.24) is 0 Å². The van der Waals surface area contributed by atoms with Gasteiger partial charge in [-0.1, -0.05) is 60.1 Å². The van der Waals surface area contributed by atoms with Crippen LogP contribution < -0.4 is 0 Å². The fourth-order valence-corrected chi connectivity index (χ4v) is 14.8. The van der Waals surface area contributed by atoms with Crippen LogP contribution in [0.4, 0.5) is 0 Å². The number of rotatable bonds is 14. The summed E-state index contributed by atoms with van der Waals surface area (Å²) in [5, 5.41) is 139. The zero-order chi connectivity index (χ0) is 50.4. The molecule has 19 nitrogen and oxygen atoms in total. The van der Waals surface area contributed by atoms with Gasteiger partial charge < -0.3 is 94.8 Å². The van der Waals surface area contributed by atoms with Crippen LogP contribution in [0.2, 0.25) is 0 Å².